The smallest absolute Gasteiger partial charge is 0.335 e. The maximum Gasteiger partial charge on any atom is 0.335 e. The monoisotopic (exact) mass is 468 g/mol. The molecule has 12 heteroatoms. The van der Waals surface area contributed by atoms with Crippen molar-refractivity contribution < 1.29 is 28.7 Å². The molecule has 0 aliphatic carbocycles. The van der Waals surface area contributed by atoms with Crippen molar-refractivity contribution in [2.75, 3.05) is 26.4 Å². The van der Waals surface area contributed by atoms with Gasteiger partial charge in [0.25, 0.3) is 0 Å². The summed E-state index contributed by atoms with van der Waals surface area (Å²) < 4.78 is 10.9. The molecule has 0 saturated carbocycles. The standard InChI is InChI=1S/C22H24N6O6/c29-21(33-27-19-9-3-1-7-17(19)23-25-27)11-5-13-31-15-16-32-14-6-12-22(30)34-28-20-10-4-2-8-18(20)24-26-28/h1-4,7-10H,5-6,11-16H2. The van der Waals surface area contributed by atoms with Gasteiger partial charge in [0.05, 0.1) is 26.1 Å². The molecule has 2 heterocycles. The van der Waals surface area contributed by atoms with Gasteiger partial charge in [0.15, 0.2) is 0 Å². The summed E-state index contributed by atoms with van der Waals surface area (Å²) in [5.41, 5.74) is 2.56. The van der Waals surface area contributed by atoms with Gasteiger partial charge in [0.1, 0.15) is 22.1 Å². The Balaban J connectivity index is 1.000. The molecule has 0 unspecified atom stereocenters. The van der Waals surface area contributed by atoms with Crippen molar-refractivity contribution in [3.63, 3.8) is 0 Å². The van der Waals surface area contributed by atoms with Crippen molar-refractivity contribution in [2.45, 2.75) is 25.7 Å². The molecule has 12 nitrogen and oxygen atoms in total. The van der Waals surface area contributed by atoms with Crippen LogP contribution in [0.3, 0.4) is 0 Å². The van der Waals surface area contributed by atoms with Gasteiger partial charge in [-0.3, -0.25) is 0 Å². The zero-order valence-electron chi connectivity index (χ0n) is 18.4. The largest absolute Gasteiger partial charge is 0.379 e. The maximum atomic E-state index is 11.9. The van der Waals surface area contributed by atoms with E-state index < -0.39 is 11.9 Å². The van der Waals surface area contributed by atoms with Gasteiger partial charge in [-0.25, -0.2) is 9.59 Å². The summed E-state index contributed by atoms with van der Waals surface area (Å²) in [6, 6.07) is 14.4. The molecule has 0 aliphatic rings. The number of carbonyl (C=O) groups excluding carboxylic acids is 2. The second kappa shape index (κ2) is 11.8. The van der Waals surface area contributed by atoms with E-state index in [1.165, 1.54) is 0 Å². The average molecular weight is 468 g/mol. The summed E-state index contributed by atoms with van der Waals surface area (Å²) in [5.74, 6) is -0.831. The summed E-state index contributed by atoms with van der Waals surface area (Å²) in [6.07, 6.45) is 1.40. The molecule has 4 rings (SSSR count). The first-order valence-electron chi connectivity index (χ1n) is 10.9. The number of nitrogens with zero attached hydrogens (tertiary/aromatic N) is 6. The van der Waals surface area contributed by atoms with Gasteiger partial charge in [0.2, 0.25) is 0 Å². The second-order valence-corrected chi connectivity index (χ2v) is 7.26. The number of hydrogen-bond acceptors (Lipinski definition) is 10. The van der Waals surface area contributed by atoms with Crippen LogP contribution < -0.4 is 9.68 Å². The van der Waals surface area contributed by atoms with Crippen LogP contribution in [0.2, 0.25) is 0 Å². The number of hydrogen-bond donors (Lipinski definition) is 0. The van der Waals surface area contributed by atoms with Gasteiger partial charge in [0, 0.05) is 13.2 Å². The van der Waals surface area contributed by atoms with E-state index in [1.54, 1.807) is 24.3 Å². The number of ether oxygens (including phenoxy) is 2. The molecule has 178 valence electrons. The molecule has 34 heavy (non-hydrogen) atoms. The van der Waals surface area contributed by atoms with Gasteiger partial charge in [-0.15, -0.1) is 10.2 Å². The van der Waals surface area contributed by atoms with E-state index in [-0.39, 0.29) is 12.8 Å². The number of para-hydroxylation sites is 2. The van der Waals surface area contributed by atoms with Gasteiger partial charge >= 0.3 is 11.9 Å². The lowest BCUT2D eigenvalue weighted by molar-refractivity contribution is -0.146. The van der Waals surface area contributed by atoms with Crippen LogP contribution in [0.1, 0.15) is 25.7 Å². The van der Waals surface area contributed by atoms with Gasteiger partial charge in [-0.1, -0.05) is 34.0 Å². The van der Waals surface area contributed by atoms with E-state index in [4.69, 9.17) is 19.1 Å². The molecule has 0 fully saturated rings. The third kappa shape index (κ3) is 6.33. The van der Waals surface area contributed by atoms with Crippen LogP contribution in [0.15, 0.2) is 48.5 Å². The molecule has 2 aromatic heterocycles. The molecule has 0 amide bonds. The Morgan fingerprint density at radius 3 is 1.56 bits per heavy atom. The van der Waals surface area contributed by atoms with E-state index >= 15 is 0 Å². The summed E-state index contributed by atoms with van der Waals surface area (Å²) in [7, 11) is 0. The molecule has 2 aromatic carbocycles. The van der Waals surface area contributed by atoms with Gasteiger partial charge in [-0.2, -0.15) is 0 Å². The molecule has 0 radical (unpaired) electrons. The van der Waals surface area contributed by atoms with Gasteiger partial charge < -0.3 is 19.1 Å². The predicted molar refractivity (Wildman–Crippen MR) is 118 cm³/mol. The third-order valence-electron chi connectivity index (χ3n) is 4.73. The quantitative estimate of drug-likeness (QED) is 0.209. The van der Waals surface area contributed by atoms with Gasteiger partial charge in [-0.05, 0) is 47.5 Å². The third-order valence-corrected chi connectivity index (χ3v) is 4.73. The van der Waals surface area contributed by atoms with Crippen molar-refractivity contribution in [1.29, 1.82) is 0 Å². The Kier molecular flexibility index (Phi) is 8.08. The minimum absolute atomic E-state index is 0.193. The van der Waals surface area contributed by atoms with E-state index in [9.17, 15) is 9.59 Å². The lowest BCUT2D eigenvalue weighted by Gasteiger charge is -2.06. The lowest BCUT2D eigenvalue weighted by atomic mass is 10.3. The maximum absolute atomic E-state index is 11.9. The lowest BCUT2D eigenvalue weighted by Crippen LogP contribution is -2.21. The molecule has 0 aliphatic heterocycles. The molecule has 4 aromatic rings. The highest BCUT2D eigenvalue weighted by molar-refractivity contribution is 5.76. The van der Waals surface area contributed by atoms with Crippen LogP contribution in [0.25, 0.3) is 22.1 Å². The van der Waals surface area contributed by atoms with E-state index in [0.29, 0.717) is 61.3 Å². The fourth-order valence-corrected chi connectivity index (χ4v) is 3.07. The van der Waals surface area contributed by atoms with Crippen LogP contribution >= 0.6 is 0 Å². The first-order valence-corrected chi connectivity index (χ1v) is 10.9. The van der Waals surface area contributed by atoms with E-state index in [1.807, 2.05) is 24.3 Å². The highest BCUT2D eigenvalue weighted by atomic mass is 16.7. The molecule has 0 saturated heterocycles. The van der Waals surface area contributed by atoms with Crippen molar-refractivity contribution >= 4 is 34.0 Å². The normalized spacial score (nSPS) is 11.2. The fourth-order valence-electron chi connectivity index (χ4n) is 3.07. The summed E-state index contributed by atoms with van der Waals surface area (Å²) in [5, 5.41) is 15.5. The Hall–Kier alpha value is -3.90. The molecular formula is C22H24N6O6. The van der Waals surface area contributed by atoms with Crippen molar-refractivity contribution in [3.05, 3.63) is 48.5 Å². The molecular weight excluding hydrogens is 444 g/mol. The zero-order valence-corrected chi connectivity index (χ0v) is 18.4. The molecule has 0 spiro atoms. The van der Waals surface area contributed by atoms with E-state index in [0.717, 1.165) is 9.69 Å². The molecule has 0 N–H and O–H groups in total. The van der Waals surface area contributed by atoms with Crippen molar-refractivity contribution in [3.8, 4) is 0 Å². The number of benzene rings is 2. The topological polar surface area (TPSA) is 132 Å². The fraction of sp³-hybridized carbons (Fsp3) is 0.364. The highest BCUT2D eigenvalue weighted by Crippen LogP contribution is 2.09. The Bertz CT molecular complexity index is 1140. The first-order chi connectivity index (χ1) is 16.7. The summed E-state index contributed by atoms with van der Waals surface area (Å²) in [4.78, 5) is 36.5. The molecule has 0 atom stereocenters. The number of aromatic nitrogens is 6. The number of rotatable bonds is 13. The minimum atomic E-state index is -0.415. The Morgan fingerprint density at radius 2 is 1.09 bits per heavy atom. The SMILES string of the molecule is O=C(CCCOCCOCCCC(=O)On1nnc2ccccc21)On1nnc2ccccc21. The van der Waals surface area contributed by atoms with Crippen LogP contribution in [0, 0.1) is 0 Å². The summed E-state index contributed by atoms with van der Waals surface area (Å²) >= 11 is 0. The molecule has 0 bridgehead atoms. The number of fused-ring (bicyclic) bond motifs is 2. The van der Waals surface area contributed by atoms with Crippen molar-refractivity contribution in [2.24, 2.45) is 0 Å². The van der Waals surface area contributed by atoms with Crippen LogP contribution in [0.4, 0.5) is 0 Å². The average Bonchev–Trinajstić information content (AvgIpc) is 3.45. The predicted octanol–water partition coefficient (Wildman–Crippen LogP) is 1.38. The summed E-state index contributed by atoms with van der Waals surface area (Å²) in [6.45, 7) is 1.57. The second-order valence-electron chi connectivity index (χ2n) is 7.26. The Morgan fingerprint density at radius 1 is 0.647 bits per heavy atom. The highest BCUT2D eigenvalue weighted by Gasteiger charge is 2.11. The van der Waals surface area contributed by atoms with Crippen LogP contribution in [-0.2, 0) is 19.1 Å². The van der Waals surface area contributed by atoms with Crippen LogP contribution in [-0.4, -0.2) is 68.7 Å². The number of carbonyl (C=O) groups is 2. The van der Waals surface area contributed by atoms with E-state index in [2.05, 4.69) is 20.6 Å². The minimum Gasteiger partial charge on any atom is -0.379 e. The first kappa shape index (κ1) is 23.3. The zero-order chi connectivity index (χ0) is 23.6. The van der Waals surface area contributed by atoms with Crippen LogP contribution in [0.5, 0.6) is 0 Å². The Labute approximate surface area is 194 Å². The van der Waals surface area contributed by atoms with Crippen molar-refractivity contribution in [1.82, 2.24) is 30.3 Å².